The fourth-order valence-electron chi connectivity index (χ4n) is 3.38. The van der Waals surface area contributed by atoms with Gasteiger partial charge in [-0.25, -0.2) is 0 Å². The van der Waals surface area contributed by atoms with Crippen molar-refractivity contribution in [2.45, 2.75) is 0 Å². The summed E-state index contributed by atoms with van der Waals surface area (Å²) in [6.07, 6.45) is 4.27. The van der Waals surface area contributed by atoms with E-state index in [1.54, 1.807) is 43.5 Å². The first kappa shape index (κ1) is 19.1. The predicted molar refractivity (Wildman–Crippen MR) is 116 cm³/mol. The Labute approximate surface area is 172 Å². The zero-order valence-electron chi connectivity index (χ0n) is 16.2. The summed E-state index contributed by atoms with van der Waals surface area (Å²) in [6.45, 7) is 0. The van der Waals surface area contributed by atoms with Gasteiger partial charge >= 0.3 is 0 Å². The molecule has 0 bridgehead atoms. The number of methoxy groups -OCH3 is 1. The van der Waals surface area contributed by atoms with Crippen molar-refractivity contribution in [2.75, 3.05) is 7.11 Å². The molecular weight excluding hydrogens is 380 g/mol. The molecule has 0 amide bonds. The van der Waals surface area contributed by atoms with Gasteiger partial charge in [0.05, 0.1) is 17.5 Å². The van der Waals surface area contributed by atoms with Crippen molar-refractivity contribution in [3.05, 3.63) is 112 Å². The summed E-state index contributed by atoms with van der Waals surface area (Å²) in [4.78, 5) is 23.0. The van der Waals surface area contributed by atoms with Gasteiger partial charge in [0.2, 0.25) is 6.20 Å². The molecule has 1 heterocycles. The normalized spacial score (nSPS) is 11.1. The molecule has 0 aliphatic heterocycles. The van der Waals surface area contributed by atoms with Crippen molar-refractivity contribution >= 4 is 22.8 Å². The minimum absolute atomic E-state index is 0.0730. The van der Waals surface area contributed by atoms with Crippen molar-refractivity contribution in [3.8, 4) is 11.4 Å². The van der Waals surface area contributed by atoms with Crippen molar-refractivity contribution in [2.24, 2.45) is 0 Å². The molecule has 0 aliphatic rings. The number of aromatic nitrogens is 1. The standard InChI is InChI=1S/C24H18N2O4/c1-30-21-12-8-18(9-13-21)24(27)17-6-10-20(11-7-17)25-16-19(14-15-26(28)29)22-4-2-3-5-23(22)25/h2-16H,1H3/b15-14+. The van der Waals surface area contributed by atoms with Gasteiger partial charge in [-0.3, -0.25) is 14.9 Å². The van der Waals surface area contributed by atoms with Crippen LogP contribution in [0.25, 0.3) is 22.7 Å². The van der Waals surface area contributed by atoms with Crippen LogP contribution in [0.1, 0.15) is 21.5 Å². The molecule has 30 heavy (non-hydrogen) atoms. The quantitative estimate of drug-likeness (QED) is 0.257. The van der Waals surface area contributed by atoms with Gasteiger partial charge < -0.3 is 9.30 Å². The van der Waals surface area contributed by atoms with E-state index in [2.05, 4.69) is 0 Å². The monoisotopic (exact) mass is 398 g/mol. The van der Waals surface area contributed by atoms with Crippen LogP contribution in [0.4, 0.5) is 0 Å². The van der Waals surface area contributed by atoms with Crippen LogP contribution in [0.2, 0.25) is 0 Å². The maximum absolute atomic E-state index is 12.7. The lowest BCUT2D eigenvalue weighted by atomic mass is 10.0. The summed E-state index contributed by atoms with van der Waals surface area (Å²) in [7, 11) is 1.58. The Morgan fingerprint density at radius 3 is 2.23 bits per heavy atom. The van der Waals surface area contributed by atoms with Gasteiger partial charge in [0.15, 0.2) is 5.78 Å². The lowest BCUT2D eigenvalue weighted by Gasteiger charge is -2.07. The second kappa shape index (κ2) is 8.05. The summed E-state index contributed by atoms with van der Waals surface area (Å²) in [5.41, 5.74) is 3.70. The second-order valence-corrected chi connectivity index (χ2v) is 6.68. The van der Waals surface area contributed by atoms with Crippen molar-refractivity contribution in [1.82, 2.24) is 4.57 Å². The van der Waals surface area contributed by atoms with Gasteiger partial charge in [-0.05, 0) is 54.6 Å². The lowest BCUT2D eigenvalue weighted by molar-refractivity contribution is -0.400. The summed E-state index contributed by atoms with van der Waals surface area (Å²) in [5, 5.41) is 11.6. The maximum Gasteiger partial charge on any atom is 0.235 e. The first-order chi connectivity index (χ1) is 14.6. The van der Waals surface area contributed by atoms with E-state index in [1.165, 1.54) is 6.08 Å². The van der Waals surface area contributed by atoms with Crippen molar-refractivity contribution in [3.63, 3.8) is 0 Å². The van der Waals surface area contributed by atoms with Gasteiger partial charge in [0, 0.05) is 40.0 Å². The fourth-order valence-corrected chi connectivity index (χ4v) is 3.38. The minimum Gasteiger partial charge on any atom is -0.497 e. The second-order valence-electron chi connectivity index (χ2n) is 6.68. The largest absolute Gasteiger partial charge is 0.497 e. The van der Waals surface area contributed by atoms with E-state index >= 15 is 0 Å². The topological polar surface area (TPSA) is 74.4 Å². The van der Waals surface area contributed by atoms with E-state index in [1.807, 2.05) is 47.2 Å². The van der Waals surface area contributed by atoms with Crippen LogP contribution in [-0.2, 0) is 0 Å². The van der Waals surface area contributed by atoms with E-state index in [0.717, 1.165) is 28.4 Å². The molecule has 0 saturated carbocycles. The smallest absolute Gasteiger partial charge is 0.235 e. The molecule has 0 N–H and O–H groups in total. The van der Waals surface area contributed by atoms with Gasteiger partial charge in [0.25, 0.3) is 0 Å². The van der Waals surface area contributed by atoms with Crippen LogP contribution in [0.15, 0.2) is 85.2 Å². The molecule has 3 aromatic carbocycles. The van der Waals surface area contributed by atoms with Crippen LogP contribution in [0.5, 0.6) is 5.75 Å². The summed E-state index contributed by atoms with van der Waals surface area (Å²) >= 11 is 0. The molecule has 6 nitrogen and oxygen atoms in total. The molecule has 6 heteroatoms. The van der Waals surface area contributed by atoms with Gasteiger partial charge in [0.1, 0.15) is 5.75 Å². The van der Waals surface area contributed by atoms with E-state index in [9.17, 15) is 14.9 Å². The Bertz CT molecular complexity index is 1250. The van der Waals surface area contributed by atoms with Crippen LogP contribution in [0, 0.1) is 10.1 Å². The highest BCUT2D eigenvalue weighted by Crippen LogP contribution is 2.26. The van der Waals surface area contributed by atoms with E-state index in [-0.39, 0.29) is 5.78 Å². The molecular formula is C24H18N2O4. The molecule has 0 unspecified atom stereocenters. The van der Waals surface area contributed by atoms with Crippen LogP contribution in [-0.4, -0.2) is 22.4 Å². The van der Waals surface area contributed by atoms with Crippen LogP contribution >= 0.6 is 0 Å². The number of ether oxygens (including phenoxy) is 1. The molecule has 0 radical (unpaired) electrons. The molecule has 0 atom stereocenters. The highest BCUT2D eigenvalue weighted by atomic mass is 16.6. The summed E-state index contributed by atoms with van der Waals surface area (Å²) in [5.74, 6) is 0.625. The average molecular weight is 398 g/mol. The number of carbonyl (C=O) groups excluding carboxylic acids is 1. The summed E-state index contributed by atoms with van der Waals surface area (Å²) < 4.78 is 7.09. The zero-order chi connectivity index (χ0) is 21.1. The number of hydrogen-bond donors (Lipinski definition) is 0. The Kier molecular flexibility index (Phi) is 5.13. The number of nitrogens with zero attached hydrogens (tertiary/aromatic N) is 2. The van der Waals surface area contributed by atoms with E-state index in [4.69, 9.17) is 4.74 Å². The predicted octanol–water partition coefficient (Wildman–Crippen LogP) is 5.12. The minimum atomic E-state index is -0.480. The number of rotatable bonds is 6. The number of hydrogen-bond acceptors (Lipinski definition) is 4. The Hall–Kier alpha value is -4.19. The Balaban J connectivity index is 1.68. The average Bonchev–Trinajstić information content (AvgIpc) is 3.16. The molecule has 148 valence electrons. The number of benzene rings is 3. The SMILES string of the molecule is COc1ccc(C(=O)c2ccc(-n3cc(/C=C/[N+](=O)[O-])c4ccccc43)cc2)cc1. The molecule has 4 rings (SSSR count). The van der Waals surface area contributed by atoms with Crippen molar-refractivity contribution in [1.29, 1.82) is 0 Å². The van der Waals surface area contributed by atoms with E-state index < -0.39 is 4.92 Å². The van der Waals surface area contributed by atoms with Gasteiger partial charge in [-0.15, -0.1) is 0 Å². The Morgan fingerprint density at radius 1 is 0.967 bits per heavy atom. The number of fused-ring (bicyclic) bond motifs is 1. The highest BCUT2D eigenvalue weighted by molar-refractivity contribution is 6.09. The van der Waals surface area contributed by atoms with Gasteiger partial charge in [-0.1, -0.05) is 18.2 Å². The maximum atomic E-state index is 12.7. The third kappa shape index (κ3) is 3.71. The fraction of sp³-hybridized carbons (Fsp3) is 0.0417. The summed E-state index contributed by atoms with van der Waals surface area (Å²) in [6, 6.07) is 22.0. The number of nitro groups is 1. The first-order valence-electron chi connectivity index (χ1n) is 9.28. The lowest BCUT2D eigenvalue weighted by Crippen LogP contribution is -2.02. The van der Waals surface area contributed by atoms with Crippen LogP contribution < -0.4 is 4.74 Å². The number of para-hydroxylation sites is 1. The molecule has 0 aliphatic carbocycles. The molecule has 1 aromatic heterocycles. The molecule has 0 saturated heterocycles. The molecule has 0 fully saturated rings. The first-order valence-corrected chi connectivity index (χ1v) is 9.28. The third-order valence-corrected chi connectivity index (χ3v) is 4.88. The molecule has 0 spiro atoms. The van der Waals surface area contributed by atoms with Crippen molar-refractivity contribution < 1.29 is 14.5 Å². The Morgan fingerprint density at radius 2 is 1.60 bits per heavy atom. The third-order valence-electron chi connectivity index (χ3n) is 4.88. The number of ketones is 1. The van der Waals surface area contributed by atoms with Gasteiger partial charge in [-0.2, -0.15) is 0 Å². The van der Waals surface area contributed by atoms with E-state index in [0.29, 0.717) is 16.9 Å². The molecule has 4 aromatic rings. The van der Waals surface area contributed by atoms with Crippen LogP contribution in [0.3, 0.4) is 0 Å². The highest BCUT2D eigenvalue weighted by Gasteiger charge is 2.12. The number of carbonyl (C=O) groups is 1. The zero-order valence-corrected chi connectivity index (χ0v) is 16.2.